The van der Waals surface area contributed by atoms with E-state index in [-0.39, 0.29) is 49.7 Å². The molecule has 13 nitrogen and oxygen atoms in total. The molecule has 0 fully saturated rings. The van der Waals surface area contributed by atoms with E-state index in [9.17, 15) is 33.9 Å². The maximum Gasteiger partial charge on any atom is 0.264 e. The third-order valence-electron chi connectivity index (χ3n) is 9.67. The van der Waals surface area contributed by atoms with Crippen molar-refractivity contribution in [3.63, 3.8) is 0 Å². The normalized spacial score (nSPS) is 14.6. The summed E-state index contributed by atoms with van der Waals surface area (Å²) in [5.41, 5.74) is 14.7. The van der Waals surface area contributed by atoms with Gasteiger partial charge in [-0.3, -0.25) is 28.8 Å². The summed E-state index contributed by atoms with van der Waals surface area (Å²) in [6, 6.07) is 18.7. The number of aliphatic hydroxyl groups excluding tert-OH is 1. The van der Waals surface area contributed by atoms with E-state index in [1.54, 1.807) is 67.6 Å². The van der Waals surface area contributed by atoms with E-state index >= 15 is 0 Å². The molecule has 0 saturated heterocycles. The Morgan fingerprint density at radius 1 is 0.768 bits per heavy atom. The summed E-state index contributed by atoms with van der Waals surface area (Å²) in [4.78, 5) is 84.0. The molecule has 56 heavy (non-hydrogen) atoms. The van der Waals surface area contributed by atoms with Crippen molar-refractivity contribution in [1.82, 2.24) is 15.6 Å². The number of hydrogen-bond acceptors (Lipinski definition) is 11. The zero-order valence-electron chi connectivity index (χ0n) is 31.8. The Morgan fingerprint density at radius 3 is 2.00 bits per heavy atom. The molecular formula is C42H50ClN5O8. The summed E-state index contributed by atoms with van der Waals surface area (Å²) in [5, 5.41) is 16.4. The fraction of sp³-hybridized carbons (Fsp3) is 0.405. The van der Waals surface area contributed by atoms with Crippen LogP contribution in [0.2, 0.25) is 5.02 Å². The molecule has 0 aliphatic heterocycles. The van der Waals surface area contributed by atoms with Gasteiger partial charge in [-0.1, -0.05) is 74.0 Å². The molecule has 3 aromatic carbocycles. The molecule has 0 aliphatic carbocycles. The maximum absolute atomic E-state index is 13.5. The first-order valence-electron chi connectivity index (χ1n) is 18.8. The Bertz CT molecular complexity index is 1960. The molecule has 2 amide bonds. The number of Topliss-reactive ketones (excluding diaryl/α,β-unsaturated/α-hetero) is 4. The lowest BCUT2D eigenvalue weighted by Crippen LogP contribution is -2.51. The van der Waals surface area contributed by atoms with Crippen molar-refractivity contribution in [2.24, 2.45) is 29.2 Å². The number of nitrogens with two attached hydrogens (primary N) is 2. The minimum absolute atomic E-state index is 0.105. The second-order valence-electron chi connectivity index (χ2n) is 14.2. The predicted octanol–water partition coefficient (Wildman–Crippen LogP) is 4.85. The van der Waals surface area contributed by atoms with E-state index in [4.69, 9.17) is 27.5 Å². The number of ketones is 4. The highest BCUT2D eigenvalue weighted by Crippen LogP contribution is 2.24. The van der Waals surface area contributed by atoms with Crippen LogP contribution in [0.25, 0.3) is 22.2 Å². The Hall–Kier alpha value is -5.08. The zero-order valence-corrected chi connectivity index (χ0v) is 32.6. The summed E-state index contributed by atoms with van der Waals surface area (Å²) in [5.74, 6) is -5.90. The van der Waals surface area contributed by atoms with Gasteiger partial charge in [-0.25, -0.2) is 4.98 Å². The van der Waals surface area contributed by atoms with E-state index in [1.165, 1.54) is 13.8 Å². The van der Waals surface area contributed by atoms with Gasteiger partial charge in [0.2, 0.25) is 17.6 Å². The van der Waals surface area contributed by atoms with E-state index < -0.39 is 59.3 Å². The molecular weight excluding hydrogens is 738 g/mol. The van der Waals surface area contributed by atoms with Gasteiger partial charge in [-0.05, 0) is 68.1 Å². The lowest BCUT2D eigenvalue weighted by atomic mass is 9.92. The SMILES string of the molecule is C[C@H](CC(=O)[C@@H](NC(=O)[C@H](CN)CC(=O)c1ccc(-c2ccc(Cl)cc2)cc1)[C@@H](C)O)C(=O)N[C@@H](CCCCN)C(=O)C[C@@H](C)C(=O)c1nc2ccccc2o1. The molecule has 0 spiro atoms. The van der Waals surface area contributed by atoms with Crippen LogP contribution in [0.5, 0.6) is 0 Å². The van der Waals surface area contributed by atoms with Gasteiger partial charge >= 0.3 is 0 Å². The van der Waals surface area contributed by atoms with Gasteiger partial charge in [0.25, 0.3) is 5.89 Å². The molecule has 0 bridgehead atoms. The number of benzene rings is 3. The average molecular weight is 788 g/mol. The van der Waals surface area contributed by atoms with Crippen LogP contribution < -0.4 is 22.1 Å². The minimum Gasteiger partial charge on any atom is -0.434 e. The fourth-order valence-electron chi connectivity index (χ4n) is 6.22. The highest BCUT2D eigenvalue weighted by Gasteiger charge is 2.33. The van der Waals surface area contributed by atoms with Crippen molar-refractivity contribution in [1.29, 1.82) is 0 Å². The van der Waals surface area contributed by atoms with Crippen molar-refractivity contribution < 1.29 is 38.3 Å². The molecule has 1 heterocycles. The number of nitrogens with zero attached hydrogens (tertiary/aromatic N) is 1. The molecule has 4 rings (SSSR count). The topological polar surface area (TPSA) is 225 Å². The van der Waals surface area contributed by atoms with E-state index in [0.717, 1.165) is 11.1 Å². The Labute approximate surface area is 330 Å². The van der Waals surface area contributed by atoms with Crippen LogP contribution >= 0.6 is 11.6 Å². The van der Waals surface area contributed by atoms with Gasteiger partial charge < -0.3 is 31.6 Å². The average Bonchev–Trinajstić information content (AvgIpc) is 3.62. The monoisotopic (exact) mass is 787 g/mol. The number of aliphatic hydroxyl groups is 1. The van der Waals surface area contributed by atoms with Gasteiger partial charge in [-0.15, -0.1) is 0 Å². The third kappa shape index (κ3) is 12.0. The number of rotatable bonds is 22. The lowest BCUT2D eigenvalue weighted by Gasteiger charge is -2.25. The van der Waals surface area contributed by atoms with Crippen LogP contribution in [-0.4, -0.2) is 76.3 Å². The van der Waals surface area contributed by atoms with E-state index in [0.29, 0.717) is 41.1 Å². The standard InChI is InChI=1S/C42H50ClN5O8/c1-24(39(53)42-47-33-9-4-5-10-37(33)56-42)20-35(51)32(8-6-7-19-44)46-40(54)25(2)21-36(52)38(26(3)49)48-41(55)30(23-45)22-34(50)29-13-11-27(12-14-29)28-15-17-31(43)18-16-28/h4-5,9-18,24-26,30,32,38,49H,6-8,19-23,44-45H2,1-3H3,(H,46,54)(H,48,55)/t24-,25-,26-,30+,32+,38+/m1/s1. The Morgan fingerprint density at radius 2 is 1.39 bits per heavy atom. The van der Waals surface area contributed by atoms with Crippen LogP contribution in [0.4, 0.5) is 0 Å². The number of unbranched alkanes of at least 4 members (excludes halogenated alkanes) is 1. The molecule has 0 radical (unpaired) electrons. The summed E-state index contributed by atoms with van der Waals surface area (Å²) in [7, 11) is 0. The van der Waals surface area contributed by atoms with Crippen molar-refractivity contribution in [2.75, 3.05) is 13.1 Å². The van der Waals surface area contributed by atoms with Gasteiger partial charge in [0.05, 0.1) is 18.1 Å². The first kappa shape index (κ1) is 43.6. The van der Waals surface area contributed by atoms with Crippen molar-refractivity contribution in [2.45, 2.75) is 77.5 Å². The number of para-hydroxylation sites is 2. The molecule has 14 heteroatoms. The molecule has 1 aromatic heterocycles. The number of oxazole rings is 1. The lowest BCUT2D eigenvalue weighted by molar-refractivity contribution is -0.135. The van der Waals surface area contributed by atoms with Gasteiger partial charge in [0.15, 0.2) is 22.9 Å². The first-order chi connectivity index (χ1) is 26.7. The summed E-state index contributed by atoms with van der Waals surface area (Å²) >= 11 is 5.98. The zero-order chi connectivity index (χ0) is 40.9. The molecule has 6 atom stereocenters. The van der Waals surface area contributed by atoms with Crippen molar-refractivity contribution >= 4 is 57.6 Å². The second kappa shape index (κ2) is 20.7. The van der Waals surface area contributed by atoms with Gasteiger partial charge in [0.1, 0.15) is 11.6 Å². The van der Waals surface area contributed by atoms with E-state index in [2.05, 4.69) is 15.6 Å². The first-order valence-corrected chi connectivity index (χ1v) is 19.1. The smallest absolute Gasteiger partial charge is 0.264 e. The second-order valence-corrected chi connectivity index (χ2v) is 14.6. The highest BCUT2D eigenvalue weighted by molar-refractivity contribution is 6.30. The number of carbonyl (C=O) groups excluding carboxylic acids is 6. The summed E-state index contributed by atoms with van der Waals surface area (Å²) < 4.78 is 5.58. The largest absolute Gasteiger partial charge is 0.434 e. The molecule has 7 N–H and O–H groups in total. The van der Waals surface area contributed by atoms with Gasteiger partial charge in [0, 0.05) is 48.2 Å². The number of aromatic nitrogens is 1. The van der Waals surface area contributed by atoms with Crippen LogP contribution in [-0.2, 0) is 19.2 Å². The molecule has 0 aliphatic rings. The van der Waals surface area contributed by atoms with Crippen LogP contribution in [0.1, 0.15) is 80.3 Å². The molecule has 0 saturated carbocycles. The number of carbonyl (C=O) groups is 6. The highest BCUT2D eigenvalue weighted by atomic mass is 35.5. The van der Waals surface area contributed by atoms with Crippen LogP contribution in [0, 0.1) is 17.8 Å². The fourth-order valence-corrected chi connectivity index (χ4v) is 6.35. The van der Waals surface area contributed by atoms with Gasteiger partial charge in [-0.2, -0.15) is 0 Å². The summed E-state index contributed by atoms with van der Waals surface area (Å²) in [6.45, 7) is 4.60. The number of amides is 2. The van der Waals surface area contributed by atoms with Crippen molar-refractivity contribution in [3.8, 4) is 11.1 Å². The Kier molecular flexibility index (Phi) is 16.2. The number of fused-ring (bicyclic) bond motifs is 1. The molecule has 4 aromatic rings. The quantitative estimate of drug-likeness (QED) is 0.0535. The molecule has 0 unspecified atom stereocenters. The van der Waals surface area contributed by atoms with Crippen LogP contribution in [0.3, 0.4) is 0 Å². The van der Waals surface area contributed by atoms with Crippen LogP contribution in [0.15, 0.2) is 77.2 Å². The van der Waals surface area contributed by atoms with Crippen molar-refractivity contribution in [3.05, 3.63) is 89.3 Å². The predicted molar refractivity (Wildman–Crippen MR) is 213 cm³/mol. The number of halogens is 1. The van der Waals surface area contributed by atoms with E-state index in [1.807, 2.05) is 12.1 Å². The minimum atomic E-state index is -1.39. The number of nitrogens with one attached hydrogen (secondary N) is 2. The third-order valence-corrected chi connectivity index (χ3v) is 9.92. The summed E-state index contributed by atoms with van der Waals surface area (Å²) in [6.07, 6.45) is -0.721. The Balaban J connectivity index is 1.34. The maximum atomic E-state index is 13.5. The number of hydrogen-bond donors (Lipinski definition) is 5. The molecule has 298 valence electrons.